The number of hydrogen-bond acceptors (Lipinski definition) is 5. The van der Waals surface area contributed by atoms with Crippen molar-refractivity contribution in [2.45, 2.75) is 0 Å². The van der Waals surface area contributed by atoms with E-state index >= 15 is 0 Å². The van der Waals surface area contributed by atoms with Crippen LogP contribution in [-0.2, 0) is 0 Å². The number of fused-ring (bicyclic) bond motifs is 10. The van der Waals surface area contributed by atoms with Gasteiger partial charge < -0.3 is 0 Å². The van der Waals surface area contributed by atoms with Crippen molar-refractivity contribution in [1.82, 2.24) is 19.9 Å². The fourth-order valence-electron chi connectivity index (χ4n) is 7.02. The first kappa shape index (κ1) is 27.8. The van der Waals surface area contributed by atoms with Crippen LogP contribution in [0, 0.1) is 0 Å². The van der Waals surface area contributed by atoms with Gasteiger partial charge in [-0.1, -0.05) is 152 Å². The van der Waals surface area contributed by atoms with Crippen LogP contribution in [0.1, 0.15) is 0 Å². The van der Waals surface area contributed by atoms with E-state index in [1.807, 2.05) is 72.0 Å². The molecule has 3 aromatic heterocycles. The Morgan fingerprint density at radius 1 is 0.327 bits per heavy atom. The number of nitrogens with zero attached hydrogens (tertiary/aromatic N) is 4. The Hall–Kier alpha value is -6.30. The number of hydrogen-bond donors (Lipinski definition) is 0. The summed E-state index contributed by atoms with van der Waals surface area (Å²) in [6.45, 7) is 0. The zero-order valence-corrected chi connectivity index (χ0v) is 27.0. The molecule has 0 unspecified atom stereocenters. The van der Waals surface area contributed by atoms with Gasteiger partial charge in [0.15, 0.2) is 17.5 Å². The molecule has 0 fully saturated rings. The summed E-state index contributed by atoms with van der Waals surface area (Å²) in [6.07, 6.45) is 0. The van der Waals surface area contributed by atoms with Crippen LogP contribution < -0.4 is 0 Å². The van der Waals surface area contributed by atoms with E-state index < -0.39 is 0 Å². The van der Waals surface area contributed by atoms with E-state index in [9.17, 15) is 0 Å². The number of rotatable bonds is 4. The molecule has 0 aliphatic rings. The van der Waals surface area contributed by atoms with Gasteiger partial charge in [0.05, 0.1) is 11.2 Å². The predicted octanol–water partition coefficient (Wildman–Crippen LogP) is 11.8. The van der Waals surface area contributed by atoms with Crippen LogP contribution in [0.25, 0.3) is 98.0 Å². The Balaban J connectivity index is 1.18. The second-order valence-corrected chi connectivity index (χ2v) is 13.2. The van der Waals surface area contributed by atoms with Crippen molar-refractivity contribution >= 4 is 64.0 Å². The number of aromatic nitrogens is 4. The molecule has 4 nitrogen and oxygen atoms in total. The summed E-state index contributed by atoms with van der Waals surface area (Å²) in [4.78, 5) is 20.2. The van der Waals surface area contributed by atoms with Crippen LogP contribution in [0.3, 0.4) is 0 Å². The van der Waals surface area contributed by atoms with Gasteiger partial charge in [0, 0.05) is 58.6 Å². The molecular weight excluding hydrogens is 617 g/mol. The first-order chi connectivity index (χ1) is 24.3. The maximum Gasteiger partial charge on any atom is 0.164 e. The first-order valence-electron chi connectivity index (χ1n) is 16.3. The van der Waals surface area contributed by atoms with Gasteiger partial charge in [-0.15, -0.1) is 11.3 Å². The van der Waals surface area contributed by atoms with Gasteiger partial charge in [-0.3, -0.25) is 0 Å². The molecule has 0 saturated heterocycles. The maximum absolute atomic E-state index is 5.50. The van der Waals surface area contributed by atoms with E-state index in [1.165, 1.54) is 41.7 Å². The molecule has 0 radical (unpaired) electrons. The SMILES string of the molecule is c1ccc(-c2nc(-c3ccccc3)nc(-c3ccc(-c4nc5c6ccccc6c6c7ccccc7sc6c5c5ccccc45)cc3)n2)cc1. The lowest BCUT2D eigenvalue weighted by Gasteiger charge is -2.14. The molecule has 10 rings (SSSR count). The Morgan fingerprint density at radius 2 is 0.776 bits per heavy atom. The molecule has 0 aliphatic carbocycles. The standard InChI is InChI=1S/C44H26N4S/c1-3-13-28(14-4-1)42-46-43(29-15-5-2-6-16-29)48-44(47-42)30-25-23-27(24-26-30)39-33-19-9-8-18-32(33)38-40(45-39)34-20-10-7-17-31(34)37-35-21-11-12-22-36(35)49-41(37)38/h1-26H. The van der Waals surface area contributed by atoms with Gasteiger partial charge in [0.2, 0.25) is 0 Å². The molecule has 0 bridgehead atoms. The number of pyridine rings is 1. The Morgan fingerprint density at radius 3 is 1.39 bits per heavy atom. The molecule has 0 saturated carbocycles. The van der Waals surface area contributed by atoms with E-state index in [4.69, 9.17) is 19.9 Å². The zero-order chi connectivity index (χ0) is 32.3. The second-order valence-electron chi connectivity index (χ2n) is 12.2. The summed E-state index contributed by atoms with van der Waals surface area (Å²) < 4.78 is 2.59. The first-order valence-corrected chi connectivity index (χ1v) is 17.1. The third-order valence-electron chi connectivity index (χ3n) is 9.30. The van der Waals surface area contributed by atoms with Crippen LogP contribution in [0.4, 0.5) is 0 Å². The van der Waals surface area contributed by atoms with Crippen molar-refractivity contribution in [1.29, 1.82) is 0 Å². The summed E-state index contributed by atoms with van der Waals surface area (Å²) in [7, 11) is 0. The molecular formula is C44H26N4S. The average molecular weight is 643 g/mol. The smallest absolute Gasteiger partial charge is 0.164 e. The van der Waals surface area contributed by atoms with Crippen LogP contribution in [0.5, 0.6) is 0 Å². The van der Waals surface area contributed by atoms with Gasteiger partial charge in [-0.05, 0) is 16.8 Å². The lowest BCUT2D eigenvalue weighted by atomic mass is 9.94. The fraction of sp³-hybridized carbons (Fsp3) is 0. The molecule has 49 heavy (non-hydrogen) atoms. The van der Waals surface area contributed by atoms with E-state index in [0.29, 0.717) is 17.5 Å². The van der Waals surface area contributed by atoms with Gasteiger partial charge in [-0.2, -0.15) is 0 Å². The van der Waals surface area contributed by atoms with Crippen molar-refractivity contribution < 1.29 is 0 Å². The van der Waals surface area contributed by atoms with E-state index in [2.05, 4.69) is 97.1 Å². The lowest BCUT2D eigenvalue weighted by molar-refractivity contribution is 1.07. The van der Waals surface area contributed by atoms with Crippen molar-refractivity contribution in [3.05, 3.63) is 158 Å². The minimum absolute atomic E-state index is 0.633. The monoisotopic (exact) mass is 642 g/mol. The van der Waals surface area contributed by atoms with Crippen LogP contribution >= 0.6 is 11.3 Å². The molecule has 0 amide bonds. The fourth-order valence-corrected chi connectivity index (χ4v) is 8.30. The van der Waals surface area contributed by atoms with Gasteiger partial charge in [0.1, 0.15) is 0 Å². The van der Waals surface area contributed by atoms with Crippen LogP contribution in [-0.4, -0.2) is 19.9 Å². The van der Waals surface area contributed by atoms with E-state index in [0.717, 1.165) is 38.9 Å². The average Bonchev–Trinajstić information content (AvgIpc) is 3.58. The van der Waals surface area contributed by atoms with Crippen LogP contribution in [0.2, 0.25) is 0 Å². The summed E-state index contributed by atoms with van der Waals surface area (Å²) in [5.74, 6) is 1.93. The number of thiophene rings is 1. The molecule has 7 aromatic carbocycles. The molecule has 0 spiro atoms. The lowest BCUT2D eigenvalue weighted by Crippen LogP contribution is -2.00. The highest BCUT2D eigenvalue weighted by Crippen LogP contribution is 2.46. The third kappa shape index (κ3) is 4.51. The minimum atomic E-state index is 0.633. The second kappa shape index (κ2) is 11.2. The highest BCUT2D eigenvalue weighted by Gasteiger charge is 2.20. The molecule has 10 aromatic rings. The van der Waals surface area contributed by atoms with Crippen molar-refractivity contribution in [3.8, 4) is 45.4 Å². The maximum atomic E-state index is 5.50. The molecule has 5 heteroatoms. The predicted molar refractivity (Wildman–Crippen MR) is 205 cm³/mol. The Bertz CT molecular complexity index is 2800. The van der Waals surface area contributed by atoms with Crippen molar-refractivity contribution in [3.63, 3.8) is 0 Å². The number of benzene rings is 7. The normalized spacial score (nSPS) is 11.7. The Labute approximate surface area is 286 Å². The quantitative estimate of drug-likeness (QED) is 0.179. The molecule has 0 N–H and O–H groups in total. The van der Waals surface area contributed by atoms with Gasteiger partial charge >= 0.3 is 0 Å². The Kier molecular flexibility index (Phi) is 6.32. The third-order valence-corrected chi connectivity index (χ3v) is 10.5. The molecule has 3 heterocycles. The van der Waals surface area contributed by atoms with Crippen LogP contribution in [0.15, 0.2) is 158 Å². The van der Waals surface area contributed by atoms with E-state index in [1.54, 1.807) is 0 Å². The molecule has 228 valence electrons. The summed E-state index contributed by atoms with van der Waals surface area (Å²) in [5, 5.41) is 8.59. The van der Waals surface area contributed by atoms with Crippen molar-refractivity contribution in [2.75, 3.05) is 0 Å². The zero-order valence-electron chi connectivity index (χ0n) is 26.2. The minimum Gasteiger partial charge on any atom is -0.246 e. The highest BCUT2D eigenvalue weighted by molar-refractivity contribution is 7.27. The van der Waals surface area contributed by atoms with E-state index in [-0.39, 0.29) is 0 Å². The largest absolute Gasteiger partial charge is 0.246 e. The summed E-state index contributed by atoms with van der Waals surface area (Å²) in [6, 6.07) is 54.8. The summed E-state index contributed by atoms with van der Waals surface area (Å²) >= 11 is 1.86. The van der Waals surface area contributed by atoms with Crippen molar-refractivity contribution in [2.24, 2.45) is 0 Å². The van der Waals surface area contributed by atoms with Gasteiger partial charge in [0.25, 0.3) is 0 Å². The molecule has 0 aliphatic heterocycles. The summed E-state index contributed by atoms with van der Waals surface area (Å²) in [5.41, 5.74) is 5.86. The van der Waals surface area contributed by atoms with Gasteiger partial charge in [-0.25, -0.2) is 19.9 Å². The topological polar surface area (TPSA) is 51.6 Å². The highest BCUT2D eigenvalue weighted by atomic mass is 32.1. The molecule has 0 atom stereocenters.